The van der Waals surface area contributed by atoms with Gasteiger partial charge in [0.2, 0.25) is 0 Å². The molecule has 1 aromatic heterocycles. The molecule has 0 unspecified atom stereocenters. The van der Waals surface area contributed by atoms with E-state index in [0.29, 0.717) is 10.8 Å². The third-order valence-electron chi connectivity index (χ3n) is 1.91. The standard InChI is InChI=1S/C10H8ClNO/c1-13-10-5-8-6-12-3-2-7(8)4-9(10)11/h2-6H,1H3. The lowest BCUT2D eigenvalue weighted by atomic mass is 10.2. The van der Waals surface area contributed by atoms with Gasteiger partial charge in [-0.1, -0.05) is 11.6 Å². The van der Waals surface area contributed by atoms with Crippen LogP contribution in [0.15, 0.2) is 30.6 Å². The van der Waals surface area contributed by atoms with Gasteiger partial charge >= 0.3 is 0 Å². The van der Waals surface area contributed by atoms with E-state index in [-0.39, 0.29) is 0 Å². The molecule has 0 radical (unpaired) electrons. The summed E-state index contributed by atoms with van der Waals surface area (Å²) < 4.78 is 5.09. The highest BCUT2D eigenvalue weighted by atomic mass is 35.5. The predicted molar refractivity (Wildman–Crippen MR) is 53.3 cm³/mol. The molecule has 0 aliphatic heterocycles. The van der Waals surface area contributed by atoms with E-state index in [1.54, 1.807) is 19.5 Å². The molecule has 2 aromatic rings. The van der Waals surface area contributed by atoms with Crippen LogP contribution in [0.1, 0.15) is 0 Å². The molecule has 0 aliphatic rings. The third-order valence-corrected chi connectivity index (χ3v) is 2.21. The molecule has 1 aromatic carbocycles. The number of hydrogen-bond acceptors (Lipinski definition) is 2. The first-order valence-electron chi connectivity index (χ1n) is 3.88. The van der Waals surface area contributed by atoms with E-state index in [1.807, 2.05) is 18.2 Å². The maximum absolute atomic E-state index is 5.96. The summed E-state index contributed by atoms with van der Waals surface area (Å²) in [6, 6.07) is 5.67. The van der Waals surface area contributed by atoms with Crippen molar-refractivity contribution in [2.24, 2.45) is 0 Å². The first-order chi connectivity index (χ1) is 6.31. The summed E-state index contributed by atoms with van der Waals surface area (Å²) in [6.07, 6.45) is 3.53. The van der Waals surface area contributed by atoms with Gasteiger partial charge in [-0.15, -0.1) is 0 Å². The molecule has 0 saturated carbocycles. The smallest absolute Gasteiger partial charge is 0.138 e. The monoisotopic (exact) mass is 193 g/mol. The highest BCUT2D eigenvalue weighted by molar-refractivity contribution is 6.32. The summed E-state index contributed by atoms with van der Waals surface area (Å²) in [6.45, 7) is 0. The van der Waals surface area contributed by atoms with E-state index < -0.39 is 0 Å². The molecule has 2 rings (SSSR count). The summed E-state index contributed by atoms with van der Waals surface area (Å²) >= 11 is 5.96. The van der Waals surface area contributed by atoms with E-state index in [2.05, 4.69) is 4.98 Å². The first-order valence-corrected chi connectivity index (χ1v) is 4.26. The lowest BCUT2D eigenvalue weighted by molar-refractivity contribution is 0.415. The van der Waals surface area contributed by atoms with Crippen molar-refractivity contribution >= 4 is 22.4 Å². The molecule has 0 amide bonds. The van der Waals surface area contributed by atoms with Crippen LogP contribution in [0.4, 0.5) is 0 Å². The Morgan fingerprint density at radius 2 is 2.15 bits per heavy atom. The van der Waals surface area contributed by atoms with Crippen LogP contribution in [0.3, 0.4) is 0 Å². The van der Waals surface area contributed by atoms with Crippen LogP contribution < -0.4 is 4.74 Å². The van der Waals surface area contributed by atoms with Gasteiger partial charge in [0, 0.05) is 17.8 Å². The number of nitrogens with zero attached hydrogens (tertiary/aromatic N) is 1. The van der Waals surface area contributed by atoms with Crippen molar-refractivity contribution in [3.8, 4) is 5.75 Å². The molecule has 13 heavy (non-hydrogen) atoms. The van der Waals surface area contributed by atoms with Crippen LogP contribution in [0.5, 0.6) is 5.75 Å². The number of aromatic nitrogens is 1. The molecule has 0 N–H and O–H groups in total. The summed E-state index contributed by atoms with van der Waals surface area (Å²) in [5.74, 6) is 0.683. The lowest BCUT2D eigenvalue weighted by Gasteiger charge is -2.04. The predicted octanol–water partition coefficient (Wildman–Crippen LogP) is 2.90. The zero-order valence-electron chi connectivity index (χ0n) is 7.12. The lowest BCUT2D eigenvalue weighted by Crippen LogP contribution is -1.84. The second-order valence-corrected chi connectivity index (χ2v) is 3.12. The van der Waals surface area contributed by atoms with Crippen molar-refractivity contribution in [1.29, 1.82) is 0 Å². The Morgan fingerprint density at radius 1 is 1.31 bits per heavy atom. The van der Waals surface area contributed by atoms with E-state index in [1.165, 1.54) is 0 Å². The minimum atomic E-state index is 0.626. The fourth-order valence-electron chi connectivity index (χ4n) is 1.24. The van der Waals surface area contributed by atoms with Gasteiger partial charge < -0.3 is 4.74 Å². The molecule has 0 bridgehead atoms. The minimum absolute atomic E-state index is 0.626. The molecule has 0 aliphatic carbocycles. The fourth-order valence-corrected chi connectivity index (χ4v) is 1.49. The Labute approximate surface area is 81.1 Å². The normalized spacial score (nSPS) is 10.3. The number of halogens is 1. The maximum Gasteiger partial charge on any atom is 0.138 e. The van der Waals surface area contributed by atoms with Crippen molar-refractivity contribution in [2.75, 3.05) is 7.11 Å². The number of hydrogen-bond donors (Lipinski definition) is 0. The van der Waals surface area contributed by atoms with Gasteiger partial charge in [0.05, 0.1) is 12.1 Å². The van der Waals surface area contributed by atoms with Crippen LogP contribution in [0, 0.1) is 0 Å². The van der Waals surface area contributed by atoms with E-state index >= 15 is 0 Å². The molecule has 0 fully saturated rings. The molecule has 66 valence electrons. The Hall–Kier alpha value is -1.28. The third kappa shape index (κ3) is 1.45. The molecule has 0 saturated heterocycles. The van der Waals surface area contributed by atoms with E-state index in [9.17, 15) is 0 Å². The van der Waals surface area contributed by atoms with Crippen molar-refractivity contribution < 1.29 is 4.74 Å². The Balaban J connectivity index is 2.74. The van der Waals surface area contributed by atoms with Gasteiger partial charge in [-0.3, -0.25) is 4.98 Å². The first kappa shape index (κ1) is 8.32. The topological polar surface area (TPSA) is 22.1 Å². The summed E-state index contributed by atoms with van der Waals surface area (Å²) in [7, 11) is 1.60. The highest BCUT2D eigenvalue weighted by Gasteiger charge is 2.01. The number of rotatable bonds is 1. The molecular formula is C10H8ClNO. The van der Waals surface area contributed by atoms with Gasteiger partial charge in [0.25, 0.3) is 0 Å². The van der Waals surface area contributed by atoms with Crippen molar-refractivity contribution in [2.45, 2.75) is 0 Å². The van der Waals surface area contributed by atoms with E-state index in [4.69, 9.17) is 16.3 Å². The molecule has 1 heterocycles. The van der Waals surface area contributed by atoms with Gasteiger partial charge in [-0.05, 0) is 23.6 Å². The van der Waals surface area contributed by atoms with Crippen molar-refractivity contribution in [3.05, 3.63) is 35.6 Å². The second kappa shape index (κ2) is 3.23. The summed E-state index contributed by atoms with van der Waals surface area (Å²) in [5, 5.41) is 2.73. The maximum atomic E-state index is 5.96. The Kier molecular flexibility index (Phi) is 2.07. The molecular weight excluding hydrogens is 186 g/mol. The number of methoxy groups -OCH3 is 1. The van der Waals surface area contributed by atoms with Crippen molar-refractivity contribution in [3.63, 3.8) is 0 Å². The van der Waals surface area contributed by atoms with Gasteiger partial charge in [-0.2, -0.15) is 0 Å². The zero-order valence-corrected chi connectivity index (χ0v) is 7.88. The quantitative estimate of drug-likeness (QED) is 0.695. The molecule has 0 spiro atoms. The van der Waals surface area contributed by atoms with Crippen LogP contribution in [-0.2, 0) is 0 Å². The summed E-state index contributed by atoms with van der Waals surface area (Å²) in [4.78, 5) is 4.02. The second-order valence-electron chi connectivity index (χ2n) is 2.71. The van der Waals surface area contributed by atoms with Crippen LogP contribution >= 0.6 is 11.6 Å². The fraction of sp³-hybridized carbons (Fsp3) is 0.100. The minimum Gasteiger partial charge on any atom is -0.495 e. The largest absolute Gasteiger partial charge is 0.495 e. The molecule has 2 nitrogen and oxygen atoms in total. The van der Waals surface area contributed by atoms with Crippen LogP contribution in [0.2, 0.25) is 5.02 Å². The van der Waals surface area contributed by atoms with Gasteiger partial charge in [0.1, 0.15) is 5.75 Å². The number of fused-ring (bicyclic) bond motifs is 1. The van der Waals surface area contributed by atoms with Crippen LogP contribution in [-0.4, -0.2) is 12.1 Å². The van der Waals surface area contributed by atoms with E-state index in [0.717, 1.165) is 10.8 Å². The Bertz CT molecular complexity index is 442. The Morgan fingerprint density at radius 3 is 2.92 bits per heavy atom. The molecule has 3 heteroatoms. The van der Waals surface area contributed by atoms with Crippen molar-refractivity contribution in [1.82, 2.24) is 4.98 Å². The van der Waals surface area contributed by atoms with Gasteiger partial charge in [0.15, 0.2) is 0 Å². The average Bonchev–Trinajstić information content (AvgIpc) is 2.17. The number of benzene rings is 1. The molecule has 0 atom stereocenters. The number of ether oxygens (including phenoxy) is 1. The average molecular weight is 194 g/mol. The van der Waals surface area contributed by atoms with Crippen LogP contribution in [0.25, 0.3) is 10.8 Å². The van der Waals surface area contributed by atoms with Gasteiger partial charge in [-0.25, -0.2) is 0 Å². The zero-order chi connectivity index (χ0) is 9.26. The number of pyridine rings is 1. The summed E-state index contributed by atoms with van der Waals surface area (Å²) in [5.41, 5.74) is 0. The highest BCUT2D eigenvalue weighted by Crippen LogP contribution is 2.28. The SMILES string of the molecule is COc1cc2cnccc2cc1Cl.